The van der Waals surface area contributed by atoms with Crippen LogP contribution in [-0.2, 0) is 14.2 Å². The van der Waals surface area contributed by atoms with Gasteiger partial charge in [0.15, 0.2) is 0 Å². The molecule has 29 heavy (non-hydrogen) atoms. The van der Waals surface area contributed by atoms with E-state index >= 15 is 0 Å². The van der Waals surface area contributed by atoms with Crippen molar-refractivity contribution in [3.8, 4) is 0 Å². The van der Waals surface area contributed by atoms with Gasteiger partial charge in [-0.05, 0) is 37.5 Å². The topological polar surface area (TPSA) is 121 Å². The lowest BCUT2D eigenvalue weighted by atomic mass is 9.74. The number of aliphatic hydroxyl groups is 2. The normalized spacial score (nSPS) is 54.0. The molecular weight excluding hydrogens is 400 g/mol. The summed E-state index contributed by atoms with van der Waals surface area (Å²) in [5.74, 6) is 0.725. The van der Waals surface area contributed by atoms with Crippen molar-refractivity contribution in [1.82, 2.24) is 15.5 Å². The second kappa shape index (κ2) is 8.46. The highest BCUT2D eigenvalue weighted by molar-refractivity contribution is 6.20. The molecule has 5 fully saturated rings. The maximum absolute atomic E-state index is 10.9. The van der Waals surface area contributed by atoms with Crippen LogP contribution in [0.2, 0.25) is 0 Å². The number of rotatable bonds is 2. The van der Waals surface area contributed by atoms with Gasteiger partial charge in [-0.2, -0.15) is 0 Å². The largest absolute Gasteiger partial charge is 0.387 e. The molecule has 11 atom stereocenters. The molecule has 0 spiro atoms. The second-order valence-corrected chi connectivity index (χ2v) is 9.79. The molecule has 5 aliphatic rings. The highest BCUT2D eigenvalue weighted by Gasteiger charge is 2.55. The van der Waals surface area contributed by atoms with Gasteiger partial charge in [0.05, 0.1) is 25.0 Å². The zero-order chi connectivity index (χ0) is 20.1. The summed E-state index contributed by atoms with van der Waals surface area (Å²) in [6.45, 7) is 2.16. The fraction of sp³-hybridized carbons (Fsp3) is 1.00. The van der Waals surface area contributed by atoms with Crippen LogP contribution in [-0.4, -0.2) is 90.1 Å². The van der Waals surface area contributed by atoms with E-state index in [4.69, 9.17) is 31.5 Å². The minimum Gasteiger partial charge on any atom is -0.387 e. The Morgan fingerprint density at radius 3 is 2.76 bits per heavy atom. The third-order valence-electron chi connectivity index (χ3n) is 7.59. The van der Waals surface area contributed by atoms with Gasteiger partial charge in [-0.25, -0.2) is 0 Å². The quantitative estimate of drug-likeness (QED) is 0.346. The molecule has 1 saturated carbocycles. The Kier molecular flexibility index (Phi) is 6.07. The smallest absolute Gasteiger partial charge is 0.147 e. The number of halogens is 1. The first-order valence-corrected chi connectivity index (χ1v) is 11.3. The van der Waals surface area contributed by atoms with Crippen LogP contribution in [0.1, 0.15) is 25.7 Å². The molecule has 4 heterocycles. The van der Waals surface area contributed by atoms with E-state index < -0.39 is 24.5 Å². The summed E-state index contributed by atoms with van der Waals surface area (Å²) < 4.78 is 18.0. The first-order chi connectivity index (χ1) is 14.0. The van der Waals surface area contributed by atoms with Crippen molar-refractivity contribution in [2.45, 2.75) is 74.0 Å². The predicted octanol–water partition coefficient (Wildman–Crippen LogP) is -1.09. The maximum Gasteiger partial charge on any atom is 0.147 e. The Labute approximate surface area is 176 Å². The number of fused-ring (bicyclic) bond motifs is 2. The fourth-order valence-electron chi connectivity index (χ4n) is 6.08. The van der Waals surface area contributed by atoms with Gasteiger partial charge in [0, 0.05) is 24.5 Å². The lowest BCUT2D eigenvalue weighted by Gasteiger charge is -2.40. The summed E-state index contributed by atoms with van der Waals surface area (Å²) in [6, 6.07) is 0. The van der Waals surface area contributed by atoms with E-state index in [0.29, 0.717) is 13.3 Å². The minimum absolute atomic E-state index is 0.0228. The van der Waals surface area contributed by atoms with Gasteiger partial charge in [0.25, 0.3) is 0 Å². The third kappa shape index (κ3) is 3.73. The van der Waals surface area contributed by atoms with Gasteiger partial charge in [-0.3, -0.25) is 15.5 Å². The summed E-state index contributed by atoms with van der Waals surface area (Å²) in [5.41, 5.74) is 6.21. The SMILES string of the molecule is NC1NCNC2C1CCN2[C@@H]1O[C@H]([C@@H]2OCOCC3CC(Cl)CCC32)[C@@H](O)[C@H]1O. The van der Waals surface area contributed by atoms with E-state index in [1.165, 1.54) is 0 Å². The molecule has 0 aromatic carbocycles. The van der Waals surface area contributed by atoms with Crippen molar-refractivity contribution >= 4 is 11.6 Å². The van der Waals surface area contributed by atoms with Gasteiger partial charge in [-0.1, -0.05) is 0 Å². The number of likely N-dealkylation sites (tertiary alicyclic amines) is 1. The zero-order valence-corrected chi connectivity index (χ0v) is 17.3. The summed E-state index contributed by atoms with van der Waals surface area (Å²) in [4.78, 5) is 2.11. The summed E-state index contributed by atoms with van der Waals surface area (Å²) >= 11 is 6.39. The van der Waals surface area contributed by atoms with Crippen molar-refractivity contribution in [1.29, 1.82) is 0 Å². The molecule has 5 rings (SSSR count). The average molecular weight is 433 g/mol. The lowest BCUT2D eigenvalue weighted by Crippen LogP contribution is -2.64. The molecule has 4 aliphatic heterocycles. The van der Waals surface area contributed by atoms with Crippen LogP contribution in [0.15, 0.2) is 0 Å². The number of alkyl halides is 1. The number of hydrogen-bond acceptors (Lipinski definition) is 9. The molecule has 0 aromatic rings. The van der Waals surface area contributed by atoms with Crippen LogP contribution < -0.4 is 16.4 Å². The number of ether oxygens (including phenoxy) is 3. The fourth-order valence-corrected chi connectivity index (χ4v) is 6.43. The number of hydrogen-bond donors (Lipinski definition) is 5. The molecule has 166 valence electrons. The molecule has 0 bridgehead atoms. The van der Waals surface area contributed by atoms with E-state index in [0.717, 1.165) is 32.2 Å². The van der Waals surface area contributed by atoms with E-state index in [1.54, 1.807) is 0 Å². The number of nitrogens with zero attached hydrogens (tertiary/aromatic N) is 1. The van der Waals surface area contributed by atoms with Crippen LogP contribution in [0.3, 0.4) is 0 Å². The van der Waals surface area contributed by atoms with Crippen LogP contribution in [0.4, 0.5) is 0 Å². The predicted molar refractivity (Wildman–Crippen MR) is 105 cm³/mol. The van der Waals surface area contributed by atoms with Crippen molar-refractivity contribution in [3.05, 3.63) is 0 Å². The number of nitrogens with one attached hydrogen (secondary N) is 2. The number of nitrogens with two attached hydrogens (primary N) is 1. The van der Waals surface area contributed by atoms with Gasteiger partial charge in [0.1, 0.15) is 31.3 Å². The van der Waals surface area contributed by atoms with Crippen LogP contribution in [0.25, 0.3) is 0 Å². The highest BCUT2D eigenvalue weighted by Crippen LogP contribution is 2.42. The molecule has 6 unspecified atom stereocenters. The molecule has 0 aromatic heterocycles. The van der Waals surface area contributed by atoms with Crippen LogP contribution >= 0.6 is 11.6 Å². The first kappa shape index (κ1) is 20.8. The molecule has 9 nitrogen and oxygen atoms in total. The molecule has 1 aliphatic carbocycles. The van der Waals surface area contributed by atoms with Crippen LogP contribution in [0.5, 0.6) is 0 Å². The van der Waals surface area contributed by atoms with Gasteiger partial charge in [-0.15, -0.1) is 11.6 Å². The van der Waals surface area contributed by atoms with Gasteiger partial charge >= 0.3 is 0 Å². The Morgan fingerprint density at radius 2 is 1.90 bits per heavy atom. The van der Waals surface area contributed by atoms with Gasteiger partial charge < -0.3 is 30.2 Å². The van der Waals surface area contributed by atoms with Crippen molar-refractivity contribution < 1.29 is 24.4 Å². The molecule has 10 heteroatoms. The molecule has 4 saturated heterocycles. The maximum atomic E-state index is 10.9. The lowest BCUT2D eigenvalue weighted by molar-refractivity contribution is -0.167. The van der Waals surface area contributed by atoms with Crippen molar-refractivity contribution in [2.75, 3.05) is 26.6 Å². The third-order valence-corrected chi connectivity index (χ3v) is 7.99. The van der Waals surface area contributed by atoms with E-state index in [9.17, 15) is 10.2 Å². The minimum atomic E-state index is -1.01. The van der Waals surface area contributed by atoms with Crippen molar-refractivity contribution in [3.63, 3.8) is 0 Å². The van der Waals surface area contributed by atoms with E-state index in [2.05, 4.69) is 15.5 Å². The Balaban J connectivity index is 1.33. The molecular formula is C19H33ClN4O5. The Bertz CT molecular complexity index is 591. The molecule has 6 N–H and O–H groups in total. The average Bonchev–Trinajstić information content (AvgIpc) is 3.18. The summed E-state index contributed by atoms with van der Waals surface area (Å²) in [6.07, 6.45) is 0.0639. The molecule has 0 radical (unpaired) electrons. The number of aliphatic hydroxyl groups excluding tert-OH is 2. The summed E-state index contributed by atoms with van der Waals surface area (Å²) in [5, 5.41) is 28.6. The monoisotopic (exact) mass is 432 g/mol. The van der Waals surface area contributed by atoms with E-state index in [1.807, 2.05) is 0 Å². The first-order valence-electron chi connectivity index (χ1n) is 10.9. The van der Waals surface area contributed by atoms with Gasteiger partial charge in [0.2, 0.25) is 0 Å². The Morgan fingerprint density at radius 1 is 1.03 bits per heavy atom. The Hall–Kier alpha value is -0.0700. The molecule has 0 amide bonds. The second-order valence-electron chi connectivity index (χ2n) is 9.17. The summed E-state index contributed by atoms with van der Waals surface area (Å²) in [7, 11) is 0. The standard InChI is InChI=1S/C19H33ClN4O5/c20-10-1-2-11-9(5-10)6-27-8-28-15(11)16-13(25)14(26)19(29-16)24-4-3-12-17(21)22-7-23-18(12)24/h9-19,22-23,25-26H,1-8,21H2/t9?,10?,11?,12?,13-,14+,15+,16-,17?,18?,19+/m0/s1. The van der Waals surface area contributed by atoms with Crippen LogP contribution in [0, 0.1) is 17.8 Å². The van der Waals surface area contributed by atoms with E-state index in [-0.39, 0.29) is 48.4 Å². The van der Waals surface area contributed by atoms with Crippen molar-refractivity contribution in [2.24, 2.45) is 23.5 Å². The zero-order valence-electron chi connectivity index (χ0n) is 16.5. The highest BCUT2D eigenvalue weighted by atomic mass is 35.5.